The van der Waals surface area contributed by atoms with Gasteiger partial charge in [0.05, 0.1) is 12.5 Å². The monoisotopic (exact) mass is 485 g/mol. The van der Waals surface area contributed by atoms with Gasteiger partial charge in [0.1, 0.15) is 11.7 Å². The number of H-pyrrole nitrogens is 1. The minimum absolute atomic E-state index is 0.119. The Kier molecular flexibility index (Phi) is 7.99. The van der Waals surface area contributed by atoms with Crippen LogP contribution in [0, 0.1) is 11.8 Å². The number of alkyl halides is 1. The van der Waals surface area contributed by atoms with Crippen molar-refractivity contribution in [2.45, 2.75) is 51.0 Å². The molecule has 1 aliphatic heterocycles. The van der Waals surface area contributed by atoms with Crippen molar-refractivity contribution in [3.63, 3.8) is 0 Å². The highest BCUT2D eigenvalue weighted by atomic mass is 19.1. The summed E-state index contributed by atoms with van der Waals surface area (Å²) in [7, 11) is 0. The number of aromatic nitrogens is 1. The van der Waals surface area contributed by atoms with Gasteiger partial charge in [-0.05, 0) is 30.9 Å². The minimum atomic E-state index is -1.30. The number of hydrogen-bond donors (Lipinski definition) is 4. The normalized spacial score (nSPS) is 19.2. The smallest absolute Gasteiger partial charge is 0.272 e. The summed E-state index contributed by atoms with van der Waals surface area (Å²) in [5.41, 5.74) is 3.62. The number of rotatable bonds is 8. The lowest BCUT2D eigenvalue weighted by Crippen LogP contribution is -2.56. The molecule has 2 aliphatic rings. The number of hydrazine groups is 1. The Morgan fingerprint density at radius 2 is 1.89 bits per heavy atom. The molecule has 1 aromatic heterocycles. The topological polar surface area (TPSA) is 123 Å². The van der Waals surface area contributed by atoms with Crippen LogP contribution in [0.3, 0.4) is 0 Å². The fourth-order valence-electron chi connectivity index (χ4n) is 4.95. The number of fused-ring (bicyclic) bond motifs is 1. The predicted octanol–water partition coefficient (Wildman–Crippen LogP) is 2.20. The van der Waals surface area contributed by atoms with E-state index in [9.17, 15) is 23.6 Å². The first kappa shape index (κ1) is 24.7. The van der Waals surface area contributed by atoms with E-state index in [2.05, 4.69) is 21.0 Å². The summed E-state index contributed by atoms with van der Waals surface area (Å²) in [6.45, 7) is -0.949. The van der Waals surface area contributed by atoms with E-state index in [0.717, 1.165) is 48.0 Å². The van der Waals surface area contributed by atoms with Crippen molar-refractivity contribution in [2.75, 3.05) is 19.8 Å². The van der Waals surface area contributed by atoms with E-state index < -0.39 is 36.4 Å². The average Bonchev–Trinajstić information content (AvgIpc) is 3.49. The number of nitrogens with one attached hydrogen (secondary N) is 4. The molecule has 1 aliphatic carbocycles. The first-order chi connectivity index (χ1) is 16.9. The maximum Gasteiger partial charge on any atom is 0.272 e. The molecule has 2 fully saturated rings. The van der Waals surface area contributed by atoms with Crippen LogP contribution in [0.4, 0.5) is 4.39 Å². The van der Waals surface area contributed by atoms with E-state index in [0.29, 0.717) is 25.1 Å². The van der Waals surface area contributed by atoms with Gasteiger partial charge in [-0.25, -0.2) is 4.39 Å². The van der Waals surface area contributed by atoms with Crippen LogP contribution in [0.2, 0.25) is 0 Å². The first-order valence-electron chi connectivity index (χ1n) is 12.3. The molecule has 0 bridgehead atoms. The van der Waals surface area contributed by atoms with Gasteiger partial charge in [0.15, 0.2) is 6.67 Å². The lowest BCUT2D eigenvalue weighted by Gasteiger charge is -2.30. The van der Waals surface area contributed by atoms with Gasteiger partial charge in [0, 0.05) is 17.4 Å². The van der Waals surface area contributed by atoms with Crippen LogP contribution >= 0.6 is 0 Å². The van der Waals surface area contributed by atoms with Crippen LogP contribution in [-0.2, 0) is 14.4 Å². The van der Waals surface area contributed by atoms with E-state index in [4.69, 9.17) is 0 Å². The number of para-hydroxylation sites is 1. The number of amides is 4. The van der Waals surface area contributed by atoms with Crippen LogP contribution in [0.25, 0.3) is 10.9 Å². The second-order valence-electron chi connectivity index (χ2n) is 9.43. The van der Waals surface area contributed by atoms with Crippen molar-refractivity contribution >= 4 is 34.5 Å². The molecule has 1 saturated carbocycles. The lowest BCUT2D eigenvalue weighted by molar-refractivity contribution is -0.144. The Balaban J connectivity index is 1.49. The molecule has 35 heavy (non-hydrogen) atoms. The Hall–Kier alpha value is -3.43. The van der Waals surface area contributed by atoms with Gasteiger partial charge in [-0.15, -0.1) is 0 Å². The second-order valence-corrected chi connectivity index (χ2v) is 9.43. The summed E-state index contributed by atoms with van der Waals surface area (Å²) in [5.74, 6) is -2.47. The van der Waals surface area contributed by atoms with Crippen molar-refractivity contribution in [3.8, 4) is 0 Å². The molecule has 0 radical (unpaired) electrons. The molecule has 188 valence electrons. The average molecular weight is 486 g/mol. The third-order valence-corrected chi connectivity index (χ3v) is 6.92. The zero-order valence-corrected chi connectivity index (χ0v) is 19.6. The van der Waals surface area contributed by atoms with E-state index in [1.165, 1.54) is 0 Å². The van der Waals surface area contributed by atoms with Crippen LogP contribution in [0.5, 0.6) is 0 Å². The summed E-state index contributed by atoms with van der Waals surface area (Å²) >= 11 is 0. The second kappa shape index (κ2) is 11.3. The van der Waals surface area contributed by atoms with Crippen molar-refractivity contribution in [1.82, 2.24) is 26.1 Å². The molecule has 2 aromatic rings. The molecular weight excluding hydrogens is 453 g/mol. The SMILES string of the molecule is O=C(N[C@@H](CC1CCCCC1)C(=O)NN(CC1CCNC1=O)C(=O)CF)c1cc2ccccc2[nH]1. The summed E-state index contributed by atoms with van der Waals surface area (Å²) in [6.07, 6.45) is 6.11. The number of halogens is 1. The van der Waals surface area contributed by atoms with Gasteiger partial charge in [-0.2, -0.15) is 0 Å². The van der Waals surface area contributed by atoms with E-state index in [1.807, 2.05) is 24.3 Å². The van der Waals surface area contributed by atoms with Gasteiger partial charge < -0.3 is 15.6 Å². The Morgan fingerprint density at radius 3 is 2.57 bits per heavy atom. The number of carbonyl (C=O) groups is 4. The van der Waals surface area contributed by atoms with E-state index in [1.54, 1.807) is 6.07 Å². The Labute approximate surface area is 203 Å². The highest BCUT2D eigenvalue weighted by Gasteiger charge is 2.32. The maximum absolute atomic E-state index is 13.3. The largest absolute Gasteiger partial charge is 0.356 e. The fourth-order valence-corrected chi connectivity index (χ4v) is 4.95. The van der Waals surface area contributed by atoms with Gasteiger partial charge in [-0.3, -0.25) is 29.6 Å². The third-order valence-electron chi connectivity index (χ3n) is 6.92. The van der Waals surface area contributed by atoms with Crippen molar-refractivity contribution < 1.29 is 23.6 Å². The number of aromatic amines is 1. The van der Waals surface area contributed by atoms with Crippen molar-refractivity contribution in [3.05, 3.63) is 36.0 Å². The molecule has 1 saturated heterocycles. The standard InChI is InChI=1S/C25H32FN5O4/c26-14-22(32)31(15-18-10-11-27-23(18)33)30-25(35)20(12-16-6-2-1-3-7-16)29-24(34)21-13-17-8-4-5-9-19(17)28-21/h4-5,8-9,13,16,18,20,28H,1-3,6-7,10-12,14-15H2,(H,27,33)(H,29,34)(H,30,35)/t18?,20-/m0/s1. The van der Waals surface area contributed by atoms with Crippen LogP contribution in [0.1, 0.15) is 55.4 Å². The fraction of sp³-hybridized carbons (Fsp3) is 0.520. The van der Waals surface area contributed by atoms with Gasteiger partial charge >= 0.3 is 0 Å². The zero-order valence-electron chi connectivity index (χ0n) is 19.6. The summed E-state index contributed by atoms with van der Waals surface area (Å²) < 4.78 is 13.2. The molecule has 2 atom stereocenters. The molecule has 9 nitrogen and oxygen atoms in total. The molecule has 4 rings (SSSR count). The molecule has 2 heterocycles. The molecule has 10 heteroatoms. The molecule has 4 amide bonds. The highest BCUT2D eigenvalue weighted by molar-refractivity contribution is 6.00. The Bertz CT molecular complexity index is 1050. The minimum Gasteiger partial charge on any atom is -0.356 e. The lowest BCUT2D eigenvalue weighted by atomic mass is 9.84. The maximum atomic E-state index is 13.3. The highest BCUT2D eigenvalue weighted by Crippen LogP contribution is 2.27. The van der Waals surface area contributed by atoms with Gasteiger partial charge in [0.2, 0.25) is 5.91 Å². The number of nitrogens with zero attached hydrogens (tertiary/aromatic N) is 1. The van der Waals surface area contributed by atoms with Gasteiger partial charge in [0.25, 0.3) is 17.7 Å². The quantitative estimate of drug-likeness (QED) is 0.428. The summed E-state index contributed by atoms with van der Waals surface area (Å²) in [4.78, 5) is 53.6. The number of hydrogen-bond acceptors (Lipinski definition) is 4. The number of benzene rings is 1. The number of carbonyl (C=O) groups excluding carboxylic acids is 4. The molecule has 0 spiro atoms. The van der Waals surface area contributed by atoms with E-state index in [-0.39, 0.29) is 18.4 Å². The zero-order chi connectivity index (χ0) is 24.8. The predicted molar refractivity (Wildman–Crippen MR) is 128 cm³/mol. The van der Waals surface area contributed by atoms with Crippen LogP contribution in [0.15, 0.2) is 30.3 Å². The summed E-state index contributed by atoms with van der Waals surface area (Å²) in [5, 5.41) is 7.24. The Morgan fingerprint density at radius 1 is 1.11 bits per heavy atom. The third kappa shape index (κ3) is 6.17. The molecular formula is C25H32FN5O4. The first-order valence-corrected chi connectivity index (χ1v) is 12.3. The van der Waals surface area contributed by atoms with Crippen molar-refractivity contribution in [1.29, 1.82) is 0 Å². The van der Waals surface area contributed by atoms with Gasteiger partial charge in [-0.1, -0.05) is 50.3 Å². The van der Waals surface area contributed by atoms with E-state index >= 15 is 0 Å². The molecule has 1 unspecified atom stereocenters. The molecule has 1 aromatic carbocycles. The summed E-state index contributed by atoms with van der Waals surface area (Å²) in [6, 6.07) is 8.29. The van der Waals surface area contributed by atoms with Crippen LogP contribution in [-0.4, -0.2) is 59.4 Å². The molecule has 4 N–H and O–H groups in total. The van der Waals surface area contributed by atoms with Crippen LogP contribution < -0.4 is 16.1 Å². The van der Waals surface area contributed by atoms with Crippen molar-refractivity contribution in [2.24, 2.45) is 11.8 Å².